The SMILES string of the molecule is O=C1NC(=O)c2c(Oc3ccccc3CCCCCCNC[C@H]3CC[C@H](n4cc(NC(=O)c5cnn6ccc(N7CCOCC7)nc56)c(C(F)F)n4)CC3)cccc2C1=O. The minimum atomic E-state index is -2.86. The summed E-state index contributed by atoms with van der Waals surface area (Å²) < 4.78 is 43.0. The highest BCUT2D eigenvalue weighted by Crippen LogP contribution is 2.36. The lowest BCUT2D eigenvalue weighted by molar-refractivity contribution is -0.116. The molecule has 3 N–H and O–H groups in total. The number of fused-ring (bicyclic) bond motifs is 2. The molecule has 2 aromatic carbocycles. The van der Waals surface area contributed by atoms with Crippen molar-refractivity contribution in [2.75, 3.05) is 49.6 Å². The Morgan fingerprint density at radius 3 is 2.53 bits per heavy atom. The molecule has 3 amide bonds. The van der Waals surface area contributed by atoms with Crippen LogP contribution >= 0.6 is 0 Å². The van der Waals surface area contributed by atoms with Crippen molar-refractivity contribution in [1.82, 2.24) is 35.0 Å². The van der Waals surface area contributed by atoms with Crippen LogP contribution < -0.4 is 25.6 Å². The van der Waals surface area contributed by atoms with Crippen LogP contribution in [0, 0.1) is 5.92 Å². The molecule has 60 heavy (non-hydrogen) atoms. The van der Waals surface area contributed by atoms with Crippen LogP contribution in [0.3, 0.4) is 0 Å². The molecule has 3 aromatic heterocycles. The molecule has 1 saturated carbocycles. The van der Waals surface area contributed by atoms with Gasteiger partial charge in [0, 0.05) is 31.0 Å². The Morgan fingerprint density at radius 2 is 1.72 bits per heavy atom. The van der Waals surface area contributed by atoms with Crippen molar-refractivity contribution in [2.24, 2.45) is 5.92 Å². The summed E-state index contributed by atoms with van der Waals surface area (Å²) in [6.45, 7) is 4.31. The van der Waals surface area contributed by atoms with E-state index >= 15 is 0 Å². The normalized spacial score (nSPS) is 18.2. The average Bonchev–Trinajstić information content (AvgIpc) is 3.89. The number of carbonyl (C=O) groups is 4. The number of unbranched alkanes of at least 4 members (excludes halogenated alkanes) is 3. The molecule has 0 spiro atoms. The molecular formula is C43H47F2N9O6. The van der Waals surface area contributed by atoms with Crippen molar-refractivity contribution in [1.29, 1.82) is 0 Å². The molecule has 0 bridgehead atoms. The molecule has 3 aliphatic rings. The minimum Gasteiger partial charge on any atom is -0.456 e. The number of imide groups is 1. The smallest absolute Gasteiger partial charge is 0.299 e. The van der Waals surface area contributed by atoms with Gasteiger partial charge in [-0.05, 0) is 93.8 Å². The van der Waals surface area contributed by atoms with Crippen molar-refractivity contribution in [3.63, 3.8) is 0 Å². The zero-order valence-corrected chi connectivity index (χ0v) is 33.1. The van der Waals surface area contributed by atoms with E-state index < -0.39 is 35.6 Å². The number of benzene rings is 2. The molecule has 2 fully saturated rings. The predicted octanol–water partition coefficient (Wildman–Crippen LogP) is 6.32. The molecule has 2 aliphatic heterocycles. The van der Waals surface area contributed by atoms with Crippen LogP contribution in [0.5, 0.6) is 11.5 Å². The monoisotopic (exact) mass is 823 g/mol. The van der Waals surface area contributed by atoms with E-state index in [1.165, 1.54) is 23.0 Å². The summed E-state index contributed by atoms with van der Waals surface area (Å²) in [6, 6.07) is 14.1. The fourth-order valence-electron chi connectivity index (χ4n) is 8.18. The van der Waals surface area contributed by atoms with Crippen LogP contribution in [0.2, 0.25) is 0 Å². The third-order valence-electron chi connectivity index (χ3n) is 11.4. The zero-order chi connectivity index (χ0) is 41.6. The summed E-state index contributed by atoms with van der Waals surface area (Å²) in [7, 11) is 0. The van der Waals surface area contributed by atoms with Gasteiger partial charge < -0.3 is 25.0 Å². The van der Waals surface area contributed by atoms with Crippen molar-refractivity contribution >= 4 is 40.7 Å². The van der Waals surface area contributed by atoms with Gasteiger partial charge in [-0.3, -0.25) is 29.2 Å². The van der Waals surface area contributed by atoms with E-state index in [4.69, 9.17) is 9.47 Å². The van der Waals surface area contributed by atoms with Crippen LogP contribution in [0.15, 0.2) is 67.1 Å². The Morgan fingerprint density at radius 1 is 0.933 bits per heavy atom. The summed E-state index contributed by atoms with van der Waals surface area (Å²) in [5.41, 5.74) is 1.14. The van der Waals surface area contributed by atoms with Gasteiger partial charge in [-0.25, -0.2) is 18.3 Å². The van der Waals surface area contributed by atoms with Crippen LogP contribution in [-0.4, -0.2) is 87.3 Å². The minimum absolute atomic E-state index is 0.0146. The van der Waals surface area contributed by atoms with Gasteiger partial charge in [0.05, 0.1) is 36.7 Å². The van der Waals surface area contributed by atoms with E-state index in [1.54, 1.807) is 23.0 Å². The summed E-state index contributed by atoms with van der Waals surface area (Å²) >= 11 is 0. The highest BCUT2D eigenvalue weighted by Gasteiger charge is 2.33. The maximum Gasteiger partial charge on any atom is 0.299 e. The first-order valence-electron chi connectivity index (χ1n) is 20.6. The number of alkyl halides is 2. The van der Waals surface area contributed by atoms with Gasteiger partial charge >= 0.3 is 0 Å². The van der Waals surface area contributed by atoms with E-state index in [2.05, 4.69) is 36.0 Å². The molecule has 17 heteroatoms. The number of rotatable bonds is 16. The van der Waals surface area contributed by atoms with Crippen LogP contribution in [-0.2, 0) is 16.0 Å². The maximum atomic E-state index is 14.2. The summed E-state index contributed by atoms with van der Waals surface area (Å²) in [5.74, 6) is -0.938. The number of aromatic nitrogens is 5. The fourth-order valence-corrected chi connectivity index (χ4v) is 8.18. The average molecular weight is 824 g/mol. The molecular weight excluding hydrogens is 777 g/mol. The molecule has 15 nitrogen and oxygen atoms in total. The Labute approximate surface area is 344 Å². The molecule has 8 rings (SSSR count). The second kappa shape index (κ2) is 18.5. The number of carbonyl (C=O) groups excluding carboxylic acids is 4. The molecule has 0 unspecified atom stereocenters. The van der Waals surface area contributed by atoms with E-state index in [0.29, 0.717) is 49.4 Å². The maximum absolute atomic E-state index is 14.2. The highest BCUT2D eigenvalue weighted by atomic mass is 19.3. The molecule has 1 saturated heterocycles. The third kappa shape index (κ3) is 9.06. The first-order chi connectivity index (χ1) is 29.2. The molecule has 5 aromatic rings. The van der Waals surface area contributed by atoms with Crippen molar-refractivity contribution in [3.8, 4) is 11.5 Å². The molecule has 5 heterocycles. The number of nitrogens with one attached hydrogen (secondary N) is 3. The van der Waals surface area contributed by atoms with Gasteiger partial charge in [-0.15, -0.1) is 0 Å². The van der Waals surface area contributed by atoms with E-state index in [9.17, 15) is 28.0 Å². The first kappa shape index (κ1) is 40.7. The lowest BCUT2D eigenvalue weighted by atomic mass is 9.86. The molecule has 314 valence electrons. The first-order valence-corrected chi connectivity index (χ1v) is 20.6. The van der Waals surface area contributed by atoms with Crippen molar-refractivity contribution in [2.45, 2.75) is 70.3 Å². The standard InChI is InChI=1S/C43H47F2N9O6/c44-39(45)37-32(48-41(56)31-25-47-53-19-17-35(49-40(31)53)52-20-22-59-23-21-52)26-54(51-37)29-15-13-27(14-16-29)24-46-18-6-2-1-3-8-28-9-4-5-11-33(28)60-34-12-7-10-30-36(34)42(57)50-43(58)38(30)55/h4-5,7,9-12,17,19,25-27,29,39,46H,1-3,6,8,13-16,18,20-24H2,(H,48,56)(H,50,57,58)/t27-,29-. The highest BCUT2D eigenvalue weighted by molar-refractivity contribution is 6.49. The Kier molecular flexibility index (Phi) is 12.5. The lowest BCUT2D eigenvalue weighted by Gasteiger charge is -2.29. The number of halogens is 2. The van der Waals surface area contributed by atoms with Crippen LogP contribution in [0.1, 0.15) is 106 Å². The van der Waals surface area contributed by atoms with Crippen LogP contribution in [0.4, 0.5) is 20.3 Å². The second-order valence-electron chi connectivity index (χ2n) is 15.4. The quantitative estimate of drug-likeness (QED) is 0.0577. The van der Waals surface area contributed by atoms with Gasteiger partial charge in [0.25, 0.3) is 29.9 Å². The largest absolute Gasteiger partial charge is 0.456 e. The predicted molar refractivity (Wildman–Crippen MR) is 217 cm³/mol. The fraction of sp³-hybridized carbons (Fsp3) is 0.419. The molecule has 0 radical (unpaired) electrons. The number of hydrogen-bond donors (Lipinski definition) is 3. The van der Waals surface area contributed by atoms with Gasteiger partial charge in [-0.1, -0.05) is 37.1 Å². The number of morpholine rings is 1. The van der Waals surface area contributed by atoms with E-state index in [0.717, 1.165) is 76.4 Å². The number of hydrogen-bond acceptors (Lipinski definition) is 11. The number of aryl methyl sites for hydroxylation is 1. The molecule has 0 atom stereocenters. The van der Waals surface area contributed by atoms with E-state index in [-0.39, 0.29) is 34.2 Å². The number of para-hydroxylation sites is 1. The number of amides is 3. The number of ether oxygens (including phenoxy) is 2. The number of nitrogens with zero attached hydrogens (tertiary/aromatic N) is 6. The lowest BCUT2D eigenvalue weighted by Crippen LogP contribution is -2.42. The van der Waals surface area contributed by atoms with E-state index in [1.807, 2.05) is 30.3 Å². The third-order valence-corrected chi connectivity index (χ3v) is 11.4. The topological polar surface area (TPSA) is 174 Å². The summed E-state index contributed by atoms with van der Waals surface area (Å²) in [4.78, 5) is 56.8. The number of Topliss-reactive ketones (excluding diaryl/α,β-unsaturated/α-hetero) is 1. The summed E-state index contributed by atoms with van der Waals surface area (Å²) in [6.07, 6.45) is 10.1. The van der Waals surface area contributed by atoms with Gasteiger partial charge in [0.1, 0.15) is 22.9 Å². The number of anilines is 2. The van der Waals surface area contributed by atoms with Gasteiger partial charge in [0.2, 0.25) is 0 Å². The summed E-state index contributed by atoms with van der Waals surface area (Å²) in [5, 5.41) is 16.8. The Hall–Kier alpha value is -6.07. The van der Waals surface area contributed by atoms with Gasteiger partial charge in [0.15, 0.2) is 11.3 Å². The number of ketones is 1. The zero-order valence-electron chi connectivity index (χ0n) is 33.1. The van der Waals surface area contributed by atoms with Crippen LogP contribution in [0.25, 0.3) is 5.65 Å². The Balaban J connectivity index is 0.761. The van der Waals surface area contributed by atoms with Crippen molar-refractivity contribution < 1.29 is 37.4 Å². The van der Waals surface area contributed by atoms with Crippen molar-refractivity contribution in [3.05, 3.63) is 95.1 Å². The molecule has 1 aliphatic carbocycles. The Bertz CT molecular complexity index is 2370. The second-order valence-corrected chi connectivity index (χ2v) is 15.4. The van der Waals surface area contributed by atoms with Gasteiger partial charge in [-0.2, -0.15) is 10.2 Å².